The molecule has 116 valence electrons. The minimum atomic E-state index is -1.31. The zero-order valence-corrected chi connectivity index (χ0v) is 15.1. The Morgan fingerprint density at radius 2 is 1.11 bits per heavy atom. The van der Waals surface area contributed by atoms with Gasteiger partial charge in [-0.05, 0) is 25.6 Å². The van der Waals surface area contributed by atoms with Gasteiger partial charge in [0.1, 0.15) is 0 Å². The van der Waals surface area contributed by atoms with E-state index < -0.39 is 8.32 Å². The molecule has 2 heteroatoms. The molecule has 0 amide bonds. The van der Waals surface area contributed by atoms with E-state index in [9.17, 15) is 0 Å². The van der Waals surface area contributed by atoms with Gasteiger partial charge in [0.2, 0.25) is 0 Å². The third kappa shape index (κ3) is 14.4. The van der Waals surface area contributed by atoms with Gasteiger partial charge in [-0.25, -0.2) is 0 Å². The van der Waals surface area contributed by atoms with Gasteiger partial charge in [-0.3, -0.25) is 0 Å². The van der Waals surface area contributed by atoms with Crippen LogP contribution in [0.3, 0.4) is 0 Å². The van der Waals surface area contributed by atoms with Crippen LogP contribution in [0, 0.1) is 0 Å². The van der Waals surface area contributed by atoms with Crippen molar-refractivity contribution < 1.29 is 4.43 Å². The van der Waals surface area contributed by atoms with Gasteiger partial charge < -0.3 is 4.43 Å². The Hall–Kier alpha value is 0.177. The Morgan fingerprint density at radius 3 is 1.58 bits per heavy atom. The van der Waals surface area contributed by atoms with E-state index in [1.54, 1.807) is 0 Å². The highest BCUT2D eigenvalue weighted by Crippen LogP contribution is 2.18. The number of unbranched alkanes of at least 4 members (excludes halogenated alkanes) is 9. The molecule has 0 aliphatic carbocycles. The van der Waals surface area contributed by atoms with E-state index >= 15 is 0 Å². The molecule has 0 saturated carbocycles. The summed E-state index contributed by atoms with van der Waals surface area (Å²) >= 11 is 0. The molecule has 0 saturated heterocycles. The monoisotopic (exact) mass is 286 g/mol. The lowest BCUT2D eigenvalue weighted by molar-refractivity contribution is 0.305. The summed E-state index contributed by atoms with van der Waals surface area (Å²) < 4.78 is 6.00. The van der Waals surface area contributed by atoms with E-state index in [-0.39, 0.29) is 0 Å². The smallest absolute Gasteiger partial charge is 0.186 e. The average molecular weight is 287 g/mol. The van der Waals surface area contributed by atoms with Crippen molar-refractivity contribution in [3.05, 3.63) is 0 Å². The fourth-order valence-electron chi connectivity index (χ4n) is 2.49. The van der Waals surface area contributed by atoms with Gasteiger partial charge >= 0.3 is 0 Å². The third-order valence-electron chi connectivity index (χ3n) is 3.83. The lowest BCUT2D eigenvalue weighted by Crippen LogP contribution is -2.30. The van der Waals surface area contributed by atoms with Gasteiger partial charge in [0.15, 0.2) is 8.32 Å². The van der Waals surface area contributed by atoms with Crippen LogP contribution >= 0.6 is 0 Å². The van der Waals surface area contributed by atoms with Crippen molar-refractivity contribution in [2.75, 3.05) is 6.61 Å². The van der Waals surface area contributed by atoms with E-state index in [0.717, 1.165) is 13.0 Å². The highest BCUT2D eigenvalue weighted by Gasteiger charge is 2.20. The highest BCUT2D eigenvalue weighted by molar-refractivity contribution is 6.71. The summed E-state index contributed by atoms with van der Waals surface area (Å²) in [7, 11) is -1.31. The van der Waals surface area contributed by atoms with Gasteiger partial charge in [0.05, 0.1) is 0 Å². The molecule has 0 radical (unpaired) electrons. The second kappa shape index (κ2) is 13.2. The molecule has 1 nitrogen and oxygen atoms in total. The van der Waals surface area contributed by atoms with Crippen LogP contribution in [0.25, 0.3) is 0 Å². The lowest BCUT2D eigenvalue weighted by Gasteiger charge is -2.22. The van der Waals surface area contributed by atoms with E-state index in [0.29, 0.717) is 0 Å². The summed E-state index contributed by atoms with van der Waals surface area (Å²) in [6.07, 6.45) is 15.5. The first-order valence-corrected chi connectivity index (χ1v) is 11.9. The van der Waals surface area contributed by atoms with Crippen molar-refractivity contribution in [1.82, 2.24) is 0 Å². The van der Waals surface area contributed by atoms with Crippen molar-refractivity contribution in [3.63, 3.8) is 0 Å². The van der Waals surface area contributed by atoms with Crippen LogP contribution in [0.15, 0.2) is 0 Å². The quantitative estimate of drug-likeness (QED) is 0.260. The molecule has 0 atom stereocenters. The maximum Gasteiger partial charge on any atom is 0.186 e. The van der Waals surface area contributed by atoms with Crippen LogP contribution in [-0.4, -0.2) is 14.9 Å². The fraction of sp³-hybridized carbons (Fsp3) is 1.00. The van der Waals surface area contributed by atoms with Crippen molar-refractivity contribution in [1.29, 1.82) is 0 Å². The molecule has 0 N–H and O–H groups in total. The number of hydrogen-bond acceptors (Lipinski definition) is 1. The fourth-order valence-corrected chi connectivity index (χ4v) is 4.49. The van der Waals surface area contributed by atoms with Gasteiger partial charge in [0.25, 0.3) is 0 Å². The van der Waals surface area contributed by atoms with Gasteiger partial charge in [-0.15, -0.1) is 0 Å². The second-order valence-electron chi connectivity index (χ2n) is 6.54. The van der Waals surface area contributed by atoms with E-state index in [1.807, 2.05) is 0 Å². The lowest BCUT2D eigenvalue weighted by atomic mass is 10.1. The molecule has 0 rings (SSSR count). The summed E-state index contributed by atoms with van der Waals surface area (Å²) in [4.78, 5) is 0. The Bertz CT molecular complexity index is 180. The Labute approximate surface area is 123 Å². The molecule has 0 bridgehead atoms. The predicted molar refractivity (Wildman–Crippen MR) is 90.4 cm³/mol. The highest BCUT2D eigenvalue weighted by atomic mass is 28.4. The largest absolute Gasteiger partial charge is 0.417 e. The molecule has 0 aromatic heterocycles. The van der Waals surface area contributed by atoms with Crippen LogP contribution in [0.5, 0.6) is 0 Å². The maximum absolute atomic E-state index is 6.00. The van der Waals surface area contributed by atoms with Gasteiger partial charge in [-0.2, -0.15) is 0 Å². The number of hydrogen-bond donors (Lipinski definition) is 0. The van der Waals surface area contributed by atoms with Crippen LogP contribution in [0.2, 0.25) is 19.1 Å². The molecule has 0 fully saturated rings. The minimum Gasteiger partial charge on any atom is -0.417 e. The topological polar surface area (TPSA) is 9.23 Å². The van der Waals surface area contributed by atoms with Crippen molar-refractivity contribution >= 4 is 8.32 Å². The molecule has 0 aliphatic rings. The molecular weight excluding hydrogens is 248 g/mol. The molecular formula is C17H38OSi. The second-order valence-corrected chi connectivity index (χ2v) is 10.8. The van der Waals surface area contributed by atoms with Gasteiger partial charge in [-0.1, -0.05) is 78.1 Å². The van der Waals surface area contributed by atoms with Gasteiger partial charge in [0, 0.05) is 6.61 Å². The first-order valence-electron chi connectivity index (χ1n) is 8.76. The molecule has 19 heavy (non-hydrogen) atoms. The molecule has 0 aliphatic heterocycles. The molecule has 0 aromatic carbocycles. The molecule has 0 aromatic rings. The predicted octanol–water partition coefficient (Wildman–Crippen LogP) is 6.54. The van der Waals surface area contributed by atoms with Crippen LogP contribution in [-0.2, 0) is 4.43 Å². The Balaban J connectivity index is 3.21. The van der Waals surface area contributed by atoms with Crippen molar-refractivity contribution in [3.8, 4) is 0 Å². The first kappa shape index (κ1) is 19.2. The maximum atomic E-state index is 6.00. The molecule has 0 unspecified atom stereocenters. The Kier molecular flexibility index (Phi) is 13.3. The zero-order chi connectivity index (χ0) is 14.4. The first-order chi connectivity index (χ1) is 9.12. The van der Waals surface area contributed by atoms with E-state index in [2.05, 4.69) is 26.9 Å². The SMILES string of the molecule is CCCCCCCCCCCC[Si](C)(C)OCCC. The molecule has 0 heterocycles. The van der Waals surface area contributed by atoms with Crippen LogP contribution in [0.1, 0.15) is 84.5 Å². The van der Waals surface area contributed by atoms with Crippen LogP contribution in [0.4, 0.5) is 0 Å². The van der Waals surface area contributed by atoms with Crippen molar-refractivity contribution in [2.24, 2.45) is 0 Å². The van der Waals surface area contributed by atoms with Crippen LogP contribution < -0.4 is 0 Å². The summed E-state index contributed by atoms with van der Waals surface area (Å²) in [6, 6.07) is 1.35. The normalized spacial score (nSPS) is 12.0. The minimum absolute atomic E-state index is 0.969. The Morgan fingerprint density at radius 1 is 0.632 bits per heavy atom. The summed E-state index contributed by atoms with van der Waals surface area (Å²) in [5.74, 6) is 0. The zero-order valence-electron chi connectivity index (χ0n) is 14.1. The van der Waals surface area contributed by atoms with E-state index in [1.165, 1.54) is 70.3 Å². The van der Waals surface area contributed by atoms with Crippen molar-refractivity contribution in [2.45, 2.75) is 104 Å². The number of rotatable bonds is 14. The standard InChI is InChI=1S/C17H38OSi/c1-5-7-8-9-10-11-12-13-14-15-17-19(3,4)18-16-6-2/h5-17H2,1-4H3. The third-order valence-corrected chi connectivity index (χ3v) is 6.37. The molecule has 0 spiro atoms. The van der Waals surface area contributed by atoms with E-state index in [4.69, 9.17) is 4.43 Å². The summed E-state index contributed by atoms with van der Waals surface area (Å²) in [5.41, 5.74) is 0. The summed E-state index contributed by atoms with van der Waals surface area (Å²) in [6.45, 7) is 10.2. The average Bonchev–Trinajstić information content (AvgIpc) is 2.38. The summed E-state index contributed by atoms with van der Waals surface area (Å²) in [5, 5.41) is 0.